The van der Waals surface area contributed by atoms with Crippen molar-refractivity contribution < 1.29 is 49.0 Å². The van der Waals surface area contributed by atoms with Crippen molar-refractivity contribution in [3.63, 3.8) is 0 Å². The van der Waals surface area contributed by atoms with Gasteiger partial charge in [-0.05, 0) is 40.6 Å². The number of hydrogen-bond acceptors (Lipinski definition) is 0. The van der Waals surface area contributed by atoms with Crippen molar-refractivity contribution in [2.75, 3.05) is 0 Å². The van der Waals surface area contributed by atoms with E-state index < -0.39 is 0 Å². The van der Waals surface area contributed by atoms with E-state index >= 15 is 0 Å². The van der Waals surface area contributed by atoms with Crippen LogP contribution in [0.3, 0.4) is 0 Å². The summed E-state index contributed by atoms with van der Waals surface area (Å²) in [4.78, 5) is 0. The number of hydrogen-bond donors (Lipinski definition) is 0. The van der Waals surface area contributed by atoms with E-state index in [0.717, 1.165) is 33.7 Å². The monoisotopic (exact) mass is 944 g/mol. The Morgan fingerprint density at radius 1 is 0.733 bits per heavy atom. The molecule has 5 aliphatic carbocycles. The molecule has 0 bridgehead atoms. The fourth-order valence-electron chi connectivity index (χ4n) is 11.0. The molecule has 5 heteroatoms. The fraction of sp³-hybridized carbons (Fsp3) is 0.309. The molecule has 0 spiro atoms. The summed E-state index contributed by atoms with van der Waals surface area (Å²) in [5.74, 6) is 2.24. The normalized spacial score (nSPS) is 22.0. The molecule has 1 fully saturated rings. The predicted octanol–water partition coefficient (Wildman–Crippen LogP) is 9.69. The van der Waals surface area contributed by atoms with Crippen molar-refractivity contribution in [1.82, 2.24) is 0 Å². The van der Waals surface area contributed by atoms with Crippen LogP contribution in [0.25, 0.3) is 27.1 Å². The third-order valence-electron chi connectivity index (χ3n) is 15.6. The van der Waals surface area contributed by atoms with Gasteiger partial charge >= 0.3 is 166 Å². The van der Waals surface area contributed by atoms with Crippen molar-refractivity contribution in [2.45, 2.75) is 81.1 Å². The first kappa shape index (κ1) is 46.6. The van der Waals surface area contributed by atoms with E-state index in [-0.39, 0.29) is 46.5 Å². The minimum atomic E-state index is 0. The molecule has 0 nitrogen and oxygen atoms in total. The molecule has 1 saturated carbocycles. The van der Waals surface area contributed by atoms with Gasteiger partial charge in [-0.1, -0.05) is 113 Å². The number of halogens is 4. The van der Waals surface area contributed by atoms with Crippen LogP contribution in [0.2, 0.25) is 10.0 Å². The molecule has 0 heterocycles. The zero-order valence-electron chi connectivity index (χ0n) is 36.0. The van der Waals surface area contributed by atoms with Gasteiger partial charge in [0.25, 0.3) is 0 Å². The van der Waals surface area contributed by atoms with Crippen molar-refractivity contribution in [3.8, 4) is 0 Å². The Hall–Kier alpha value is -2.90. The Labute approximate surface area is 396 Å². The molecule has 60 heavy (non-hydrogen) atoms. The molecule has 2 atom stereocenters. The Balaban J connectivity index is 0.000000177. The Morgan fingerprint density at radius 2 is 1.30 bits per heavy atom. The number of rotatable bonds is 2. The number of benzene rings is 5. The van der Waals surface area contributed by atoms with E-state index in [1.165, 1.54) is 73.3 Å². The summed E-state index contributed by atoms with van der Waals surface area (Å²) in [7, 11) is 0. The van der Waals surface area contributed by atoms with Crippen LogP contribution in [-0.4, -0.2) is 3.21 Å². The van der Waals surface area contributed by atoms with Gasteiger partial charge in [-0.15, -0.1) is 13.3 Å². The Bertz CT molecular complexity index is 2530. The van der Waals surface area contributed by atoms with Crippen molar-refractivity contribution in [2.24, 2.45) is 27.6 Å². The maximum atomic E-state index is 6.38. The van der Waals surface area contributed by atoms with Crippen LogP contribution in [0.4, 0.5) is 0 Å². The Morgan fingerprint density at radius 3 is 1.85 bits per heavy atom. The summed E-state index contributed by atoms with van der Waals surface area (Å²) in [5.41, 5.74) is 12.7. The van der Waals surface area contributed by atoms with Crippen LogP contribution in [0, 0.1) is 39.6 Å². The third kappa shape index (κ3) is 7.45. The minimum Gasteiger partial charge on any atom is -1.00 e. The Kier molecular flexibility index (Phi) is 13.7. The van der Waals surface area contributed by atoms with E-state index in [0.29, 0.717) is 5.92 Å². The third-order valence-corrected chi connectivity index (χ3v) is 17.3. The van der Waals surface area contributed by atoms with Gasteiger partial charge in [-0.3, -0.25) is 6.08 Å². The molecule has 0 aliphatic heterocycles. The second-order valence-electron chi connectivity index (χ2n) is 18.5. The summed E-state index contributed by atoms with van der Waals surface area (Å²) in [6.07, 6.45) is 18.5. The molecular formula is C55H54Cl4Zr-2. The van der Waals surface area contributed by atoms with Crippen molar-refractivity contribution >= 4 is 53.5 Å². The van der Waals surface area contributed by atoms with Gasteiger partial charge in [0.1, 0.15) is 0 Å². The molecule has 5 aromatic carbocycles. The molecule has 10 rings (SSSR count). The first-order chi connectivity index (χ1) is 27.6. The van der Waals surface area contributed by atoms with Crippen molar-refractivity contribution in [3.05, 3.63) is 188 Å². The summed E-state index contributed by atoms with van der Waals surface area (Å²) < 4.78 is 1.26. The second-order valence-corrected chi connectivity index (χ2v) is 20.6. The van der Waals surface area contributed by atoms with Gasteiger partial charge in [0.15, 0.2) is 0 Å². The van der Waals surface area contributed by atoms with Crippen molar-refractivity contribution in [1.29, 1.82) is 0 Å². The smallest absolute Gasteiger partial charge is 0.109 e. The van der Waals surface area contributed by atoms with Crippen LogP contribution in [-0.2, 0) is 30.7 Å². The number of fused-ring (bicyclic) bond motifs is 8. The number of allylic oxidation sites excluding steroid dienone is 10. The fourth-order valence-corrected chi connectivity index (χ4v) is 12.5. The minimum absolute atomic E-state index is 0. The van der Waals surface area contributed by atoms with E-state index in [1.807, 2.05) is 36.4 Å². The molecule has 0 saturated heterocycles. The summed E-state index contributed by atoms with van der Waals surface area (Å²) in [6.45, 7) is 20.3. The second kappa shape index (κ2) is 17.7. The van der Waals surface area contributed by atoms with Crippen LogP contribution in [0.15, 0.2) is 144 Å². The van der Waals surface area contributed by atoms with E-state index in [2.05, 4.69) is 152 Å². The van der Waals surface area contributed by atoms with Gasteiger partial charge in [0, 0.05) is 0 Å². The first-order valence-electron chi connectivity index (χ1n) is 20.9. The molecule has 0 aromatic heterocycles. The maximum Gasteiger partial charge on any atom is -0.109 e. The maximum absolute atomic E-state index is 6.38. The first-order valence-corrected chi connectivity index (χ1v) is 22.8. The summed E-state index contributed by atoms with van der Waals surface area (Å²) in [6, 6.07) is 34.0. The van der Waals surface area contributed by atoms with Gasteiger partial charge in [0.05, 0.1) is 0 Å². The zero-order chi connectivity index (χ0) is 41.2. The van der Waals surface area contributed by atoms with Gasteiger partial charge in [-0.2, -0.15) is 17.2 Å². The molecule has 5 aromatic rings. The molecule has 308 valence electrons. The average Bonchev–Trinajstić information content (AvgIpc) is 3.92. The average molecular weight is 948 g/mol. The van der Waals surface area contributed by atoms with Gasteiger partial charge in [-0.25, -0.2) is 18.1 Å². The molecule has 0 N–H and O–H groups in total. The predicted molar refractivity (Wildman–Crippen MR) is 247 cm³/mol. The molecule has 5 aliphatic rings. The van der Waals surface area contributed by atoms with Crippen LogP contribution in [0.1, 0.15) is 96.9 Å². The van der Waals surface area contributed by atoms with Gasteiger partial charge < -0.3 is 24.8 Å². The van der Waals surface area contributed by atoms with E-state index in [1.54, 1.807) is 28.2 Å². The summed E-state index contributed by atoms with van der Waals surface area (Å²) >= 11 is 14.1. The van der Waals surface area contributed by atoms with Crippen LogP contribution >= 0.6 is 23.2 Å². The summed E-state index contributed by atoms with van der Waals surface area (Å²) in [5, 5.41) is 6.28. The quantitative estimate of drug-likeness (QED) is 0.155. The van der Waals surface area contributed by atoms with Crippen LogP contribution in [0.5, 0.6) is 0 Å². The topological polar surface area (TPSA) is 0 Å². The SMILES string of the molecule is C[C-]1C2=C3Cc4ccccc4C3=C3C=CCCC3C2(C)C(C)(C)C(C)(C)C1(C)C.Clc1cc([C](=[Zr+2])c2cc(Cl)cc3ccccc23)c2ccccc2c1.[C-]1=CC=CC1.[Cl-].[Cl-]. The zero-order valence-corrected chi connectivity index (χ0v) is 41.5. The molecule has 0 amide bonds. The molecule has 0 radical (unpaired) electrons. The van der Waals surface area contributed by atoms with E-state index in [9.17, 15) is 0 Å². The standard InChI is InChI=1S/C29H37.C21H12Cl2.C5H5.2ClH.Zr/c1-18-25-22-17-19-13-9-10-14-20(19)24(22)21-15-11-12-16-23(21)29(25,8)28(6,7)27(4,5)26(18,2)3;22-18-10-14-5-1-3-7-20(14)16(12-18)9-17-13-19(23)11-15-6-2-4-8-21(15)17;1-2-4-5-3-1;;;/h9-11,13-15,23H,12,16-17H2,1-8H3;1-8,10-13H;1-3H,4H2;2*1H;/q-1;;-1;;;+2/p-2. The molecular weight excluding hydrogens is 894 g/mol. The van der Waals surface area contributed by atoms with Gasteiger partial charge in [0.2, 0.25) is 0 Å². The molecule has 2 unspecified atom stereocenters. The van der Waals surface area contributed by atoms with E-state index in [4.69, 9.17) is 23.2 Å². The van der Waals surface area contributed by atoms with Crippen LogP contribution < -0.4 is 24.8 Å². The largest absolute Gasteiger partial charge is 1.00 e.